The zero-order valence-corrected chi connectivity index (χ0v) is 19.2. The highest BCUT2D eigenvalue weighted by molar-refractivity contribution is 9.10. The third-order valence-corrected chi connectivity index (χ3v) is 7.80. The lowest BCUT2D eigenvalue weighted by Gasteiger charge is -2.31. The van der Waals surface area contributed by atoms with Gasteiger partial charge in [-0.25, -0.2) is 17.9 Å². The molecule has 2 amide bonds. The minimum Gasteiger partial charge on any atom is -0.450 e. The van der Waals surface area contributed by atoms with Gasteiger partial charge in [0, 0.05) is 42.3 Å². The molecule has 0 spiro atoms. The predicted octanol–water partition coefficient (Wildman–Crippen LogP) is 2.65. The molecule has 3 rings (SSSR count). The molecule has 1 unspecified atom stereocenters. The molecule has 2 aliphatic rings. The van der Waals surface area contributed by atoms with Crippen LogP contribution in [0.3, 0.4) is 0 Å². The van der Waals surface area contributed by atoms with E-state index < -0.39 is 10.0 Å². The fraction of sp³-hybridized carbons (Fsp3) is 0.579. The smallest absolute Gasteiger partial charge is 0.409 e. The van der Waals surface area contributed by atoms with E-state index in [1.54, 1.807) is 28.9 Å². The minimum absolute atomic E-state index is 0.00693. The van der Waals surface area contributed by atoms with Gasteiger partial charge in [-0.1, -0.05) is 0 Å². The number of amides is 2. The maximum atomic E-state index is 13.0. The Morgan fingerprint density at radius 1 is 1.28 bits per heavy atom. The van der Waals surface area contributed by atoms with Crippen molar-refractivity contribution in [2.75, 3.05) is 24.6 Å². The third kappa shape index (κ3) is 4.59. The second-order valence-corrected chi connectivity index (χ2v) is 9.97. The van der Waals surface area contributed by atoms with Gasteiger partial charge in [-0.05, 0) is 66.7 Å². The summed E-state index contributed by atoms with van der Waals surface area (Å²) < 4.78 is 34.3. The zero-order chi connectivity index (χ0) is 21.3. The van der Waals surface area contributed by atoms with Gasteiger partial charge in [0.2, 0.25) is 15.9 Å². The van der Waals surface area contributed by atoms with Gasteiger partial charge in [-0.3, -0.25) is 4.79 Å². The molecular formula is C19H26BrN3O5S. The number of carbonyl (C=O) groups excluding carboxylic acids is 2. The van der Waals surface area contributed by atoms with Crippen molar-refractivity contribution in [3.8, 4) is 0 Å². The highest BCUT2D eigenvalue weighted by Crippen LogP contribution is 2.38. The molecular weight excluding hydrogens is 462 g/mol. The first kappa shape index (κ1) is 22.0. The molecule has 1 saturated heterocycles. The summed E-state index contributed by atoms with van der Waals surface area (Å²) in [5, 5.41) is 0. The molecule has 2 heterocycles. The lowest BCUT2D eigenvalue weighted by molar-refractivity contribution is -0.116. The standard InChI is InChI=1S/C19H26BrN3O5S/c1-4-28-19(25)22-7-5-15(6-8-22)21-29(26,27)18-11-17-14(10-16(18)20)9-12(2)23(17)13(3)24/h10-12,15,21H,4-9H2,1-3H3. The first-order chi connectivity index (χ1) is 13.6. The van der Waals surface area contributed by atoms with Crippen LogP contribution in [-0.4, -0.2) is 57.1 Å². The van der Waals surface area contributed by atoms with Crippen LogP contribution in [0.4, 0.5) is 10.5 Å². The van der Waals surface area contributed by atoms with E-state index in [-0.39, 0.29) is 29.0 Å². The largest absolute Gasteiger partial charge is 0.450 e. The summed E-state index contributed by atoms with van der Waals surface area (Å²) >= 11 is 3.38. The molecule has 0 bridgehead atoms. The van der Waals surface area contributed by atoms with Gasteiger partial charge < -0.3 is 14.5 Å². The van der Waals surface area contributed by atoms with E-state index in [4.69, 9.17) is 4.74 Å². The number of fused-ring (bicyclic) bond motifs is 1. The fourth-order valence-electron chi connectivity index (χ4n) is 3.98. The summed E-state index contributed by atoms with van der Waals surface area (Å²) in [5.74, 6) is -0.110. The fourth-order valence-corrected chi connectivity index (χ4v) is 6.40. The van der Waals surface area contributed by atoms with Crippen LogP contribution in [0, 0.1) is 0 Å². The Balaban J connectivity index is 1.76. The van der Waals surface area contributed by atoms with Gasteiger partial charge in [0.25, 0.3) is 0 Å². The Bertz CT molecular complexity index is 913. The summed E-state index contributed by atoms with van der Waals surface area (Å²) in [7, 11) is -3.80. The average Bonchev–Trinajstić information content (AvgIpc) is 2.96. The zero-order valence-electron chi connectivity index (χ0n) is 16.8. The quantitative estimate of drug-likeness (QED) is 0.703. The number of ether oxygens (including phenoxy) is 1. The Labute approximate surface area is 179 Å². The lowest BCUT2D eigenvalue weighted by atomic mass is 10.1. The van der Waals surface area contributed by atoms with Crippen LogP contribution < -0.4 is 9.62 Å². The number of halogens is 1. The Hall–Kier alpha value is -1.65. The monoisotopic (exact) mass is 487 g/mol. The van der Waals surface area contributed by atoms with Gasteiger partial charge in [-0.2, -0.15) is 0 Å². The summed E-state index contributed by atoms with van der Waals surface area (Å²) in [6, 6.07) is 3.08. The van der Waals surface area contributed by atoms with Crippen LogP contribution in [0.5, 0.6) is 0 Å². The van der Waals surface area contributed by atoms with Crippen LogP contribution in [-0.2, 0) is 26.0 Å². The second kappa shape index (κ2) is 8.61. The number of hydrogen-bond donors (Lipinski definition) is 1. The first-order valence-corrected chi connectivity index (χ1v) is 12.0. The highest BCUT2D eigenvalue weighted by Gasteiger charge is 2.33. The number of rotatable bonds is 4. The van der Waals surface area contributed by atoms with Crippen LogP contribution in [0.2, 0.25) is 0 Å². The lowest BCUT2D eigenvalue weighted by Crippen LogP contribution is -2.46. The summed E-state index contributed by atoms with van der Waals surface area (Å²) in [6.07, 6.45) is 1.34. The second-order valence-electron chi connectivity index (χ2n) is 7.44. The number of piperidine rings is 1. The minimum atomic E-state index is -3.80. The topological polar surface area (TPSA) is 96.0 Å². The number of nitrogens with zero attached hydrogens (tertiary/aromatic N) is 2. The Morgan fingerprint density at radius 2 is 1.93 bits per heavy atom. The van der Waals surface area contributed by atoms with E-state index in [2.05, 4.69) is 20.7 Å². The van der Waals surface area contributed by atoms with E-state index in [1.807, 2.05) is 6.92 Å². The van der Waals surface area contributed by atoms with Crippen molar-refractivity contribution in [2.24, 2.45) is 0 Å². The molecule has 1 fully saturated rings. The maximum Gasteiger partial charge on any atom is 0.409 e. The number of benzene rings is 1. The predicted molar refractivity (Wildman–Crippen MR) is 112 cm³/mol. The first-order valence-electron chi connectivity index (χ1n) is 9.70. The van der Waals surface area contributed by atoms with Gasteiger partial charge in [0.1, 0.15) is 0 Å². The molecule has 8 nitrogen and oxygen atoms in total. The van der Waals surface area contributed by atoms with E-state index >= 15 is 0 Å². The van der Waals surface area contributed by atoms with Crippen molar-refractivity contribution in [1.29, 1.82) is 0 Å². The van der Waals surface area contributed by atoms with Crippen molar-refractivity contribution in [1.82, 2.24) is 9.62 Å². The number of hydrogen-bond acceptors (Lipinski definition) is 5. The summed E-state index contributed by atoms with van der Waals surface area (Å²) in [6.45, 7) is 6.37. The molecule has 0 aromatic heterocycles. The molecule has 0 radical (unpaired) electrons. The van der Waals surface area contributed by atoms with Crippen molar-refractivity contribution in [2.45, 2.75) is 57.0 Å². The molecule has 1 aromatic carbocycles. The van der Waals surface area contributed by atoms with Crippen LogP contribution >= 0.6 is 15.9 Å². The van der Waals surface area contributed by atoms with Gasteiger partial charge >= 0.3 is 6.09 Å². The van der Waals surface area contributed by atoms with Gasteiger partial charge in [-0.15, -0.1) is 0 Å². The number of anilines is 1. The summed E-state index contributed by atoms with van der Waals surface area (Å²) in [4.78, 5) is 27.2. The molecule has 29 heavy (non-hydrogen) atoms. The van der Waals surface area contributed by atoms with E-state index in [0.717, 1.165) is 5.56 Å². The van der Waals surface area contributed by atoms with Gasteiger partial charge in [0.15, 0.2) is 0 Å². The van der Waals surface area contributed by atoms with Crippen molar-refractivity contribution < 1.29 is 22.7 Å². The molecule has 1 aromatic rings. The van der Waals surface area contributed by atoms with Crippen LogP contribution in [0.15, 0.2) is 21.5 Å². The number of nitrogens with one attached hydrogen (secondary N) is 1. The summed E-state index contributed by atoms with van der Waals surface area (Å²) in [5.41, 5.74) is 1.59. The Morgan fingerprint density at radius 3 is 2.52 bits per heavy atom. The molecule has 1 atom stereocenters. The molecule has 0 aliphatic carbocycles. The SMILES string of the molecule is CCOC(=O)N1CCC(NS(=O)(=O)c2cc3c(cc2Br)CC(C)N3C(C)=O)CC1. The van der Waals surface area contributed by atoms with Crippen LogP contribution in [0.25, 0.3) is 0 Å². The van der Waals surface area contributed by atoms with Crippen molar-refractivity contribution in [3.05, 3.63) is 22.2 Å². The number of likely N-dealkylation sites (tertiary alicyclic amines) is 1. The van der Waals surface area contributed by atoms with Gasteiger partial charge in [0.05, 0.1) is 11.5 Å². The van der Waals surface area contributed by atoms with E-state index in [0.29, 0.717) is 49.1 Å². The average molecular weight is 488 g/mol. The number of carbonyl (C=O) groups is 2. The molecule has 160 valence electrons. The highest BCUT2D eigenvalue weighted by atomic mass is 79.9. The Kier molecular flexibility index (Phi) is 6.54. The third-order valence-electron chi connectivity index (χ3n) is 5.32. The normalized spacial score (nSPS) is 19.9. The number of sulfonamides is 1. The molecule has 1 N–H and O–H groups in total. The van der Waals surface area contributed by atoms with Crippen LogP contribution in [0.1, 0.15) is 39.2 Å². The molecule has 0 saturated carbocycles. The van der Waals surface area contributed by atoms with E-state index in [1.165, 1.54) is 6.92 Å². The van der Waals surface area contributed by atoms with Crippen molar-refractivity contribution >= 4 is 43.6 Å². The maximum absolute atomic E-state index is 13.0. The molecule has 2 aliphatic heterocycles. The van der Waals surface area contributed by atoms with E-state index in [9.17, 15) is 18.0 Å². The van der Waals surface area contributed by atoms with Crippen molar-refractivity contribution in [3.63, 3.8) is 0 Å². The molecule has 10 heteroatoms.